The van der Waals surface area contributed by atoms with Crippen LogP contribution in [0.1, 0.15) is 24.6 Å². The van der Waals surface area contributed by atoms with Crippen molar-refractivity contribution in [3.05, 3.63) is 34.9 Å². The van der Waals surface area contributed by atoms with Crippen molar-refractivity contribution in [1.29, 1.82) is 0 Å². The van der Waals surface area contributed by atoms with E-state index < -0.39 is 0 Å². The van der Waals surface area contributed by atoms with Crippen LogP contribution in [0.2, 0.25) is 5.02 Å². The minimum absolute atomic E-state index is 0.139. The molecule has 2 heterocycles. The van der Waals surface area contributed by atoms with Crippen molar-refractivity contribution in [2.75, 3.05) is 23.9 Å². The average Bonchev–Trinajstić information content (AvgIpc) is 3.16. The van der Waals surface area contributed by atoms with Gasteiger partial charge in [0.25, 0.3) is 5.89 Å². The summed E-state index contributed by atoms with van der Waals surface area (Å²) in [5.41, 5.74) is 1.56. The van der Waals surface area contributed by atoms with Crippen LogP contribution >= 0.6 is 11.6 Å². The predicted molar refractivity (Wildman–Crippen MR) is 85.4 cm³/mol. The van der Waals surface area contributed by atoms with E-state index in [2.05, 4.69) is 15.5 Å². The second-order valence-corrected chi connectivity index (χ2v) is 5.61. The van der Waals surface area contributed by atoms with Gasteiger partial charge in [-0.25, -0.2) is 0 Å². The molecule has 1 N–H and O–H groups in total. The molecule has 1 saturated heterocycles. The SMILES string of the molecule is COCc1nc(CNc2cc(N3CCCC3=O)ccc2Cl)no1. The van der Waals surface area contributed by atoms with E-state index in [0.29, 0.717) is 29.7 Å². The third-order valence-corrected chi connectivity index (χ3v) is 3.88. The number of hydrogen-bond donors (Lipinski definition) is 1. The van der Waals surface area contributed by atoms with Crippen LogP contribution in [0, 0.1) is 0 Å². The van der Waals surface area contributed by atoms with Crippen molar-refractivity contribution in [3.63, 3.8) is 0 Å². The number of halogens is 1. The van der Waals surface area contributed by atoms with Crippen LogP contribution in [0.4, 0.5) is 11.4 Å². The zero-order valence-electron chi connectivity index (χ0n) is 12.7. The molecule has 1 aliphatic heterocycles. The van der Waals surface area contributed by atoms with E-state index in [1.54, 1.807) is 18.1 Å². The Hall–Kier alpha value is -2.12. The predicted octanol–water partition coefficient (Wildman–Crippen LogP) is 2.61. The number of carbonyl (C=O) groups excluding carboxylic acids is 1. The Morgan fingerprint density at radius 3 is 3.09 bits per heavy atom. The number of anilines is 2. The molecule has 0 aliphatic carbocycles. The topological polar surface area (TPSA) is 80.5 Å². The Morgan fingerprint density at radius 2 is 2.35 bits per heavy atom. The standard InChI is InChI=1S/C15H17ClN4O3/c1-22-9-14-18-13(19-23-14)8-17-12-7-10(4-5-11(12)16)20-6-2-3-15(20)21/h4-5,7,17H,2-3,6,8-9H2,1H3. The van der Waals surface area contributed by atoms with Crippen LogP contribution in [-0.4, -0.2) is 29.7 Å². The summed E-state index contributed by atoms with van der Waals surface area (Å²) in [6.45, 7) is 1.38. The number of carbonyl (C=O) groups is 1. The molecule has 23 heavy (non-hydrogen) atoms. The zero-order valence-corrected chi connectivity index (χ0v) is 13.5. The number of rotatable bonds is 6. The number of amides is 1. The maximum Gasteiger partial charge on any atom is 0.252 e. The molecule has 1 amide bonds. The molecule has 1 aromatic carbocycles. The van der Waals surface area contributed by atoms with E-state index in [9.17, 15) is 4.79 Å². The van der Waals surface area contributed by atoms with Crippen molar-refractivity contribution >= 4 is 28.9 Å². The monoisotopic (exact) mass is 336 g/mol. The van der Waals surface area contributed by atoms with Crippen molar-refractivity contribution in [1.82, 2.24) is 10.1 Å². The van der Waals surface area contributed by atoms with Gasteiger partial charge in [0, 0.05) is 25.8 Å². The zero-order chi connectivity index (χ0) is 16.2. The quantitative estimate of drug-likeness (QED) is 0.873. The van der Waals surface area contributed by atoms with E-state index in [0.717, 1.165) is 24.3 Å². The van der Waals surface area contributed by atoms with Crippen molar-refractivity contribution in [2.45, 2.75) is 26.0 Å². The fourth-order valence-corrected chi connectivity index (χ4v) is 2.64. The number of aromatic nitrogens is 2. The number of ether oxygens (including phenoxy) is 1. The fourth-order valence-electron chi connectivity index (χ4n) is 2.46. The Labute approximate surface area is 138 Å². The second-order valence-electron chi connectivity index (χ2n) is 5.20. The minimum Gasteiger partial charge on any atom is -0.376 e. The summed E-state index contributed by atoms with van der Waals surface area (Å²) >= 11 is 6.21. The van der Waals surface area contributed by atoms with E-state index in [1.165, 1.54) is 0 Å². The molecule has 0 atom stereocenters. The lowest BCUT2D eigenvalue weighted by Gasteiger charge is -2.17. The molecule has 122 valence electrons. The van der Waals surface area contributed by atoms with Gasteiger partial charge in [-0.2, -0.15) is 4.98 Å². The molecule has 8 heteroatoms. The molecule has 1 aromatic heterocycles. The van der Waals surface area contributed by atoms with Crippen molar-refractivity contribution in [3.8, 4) is 0 Å². The van der Waals surface area contributed by atoms with Gasteiger partial charge >= 0.3 is 0 Å². The van der Waals surface area contributed by atoms with Crippen LogP contribution in [-0.2, 0) is 22.7 Å². The molecule has 0 saturated carbocycles. The number of nitrogens with one attached hydrogen (secondary N) is 1. The molecule has 0 unspecified atom stereocenters. The van der Waals surface area contributed by atoms with E-state index >= 15 is 0 Å². The normalized spacial score (nSPS) is 14.5. The lowest BCUT2D eigenvalue weighted by atomic mass is 10.2. The van der Waals surface area contributed by atoms with Crippen LogP contribution in [0.15, 0.2) is 22.7 Å². The fraction of sp³-hybridized carbons (Fsp3) is 0.400. The summed E-state index contributed by atoms with van der Waals surface area (Å²) in [6.07, 6.45) is 1.48. The average molecular weight is 337 g/mol. The van der Waals surface area contributed by atoms with Crippen LogP contribution in [0.5, 0.6) is 0 Å². The first-order chi connectivity index (χ1) is 11.2. The Morgan fingerprint density at radius 1 is 1.48 bits per heavy atom. The molecule has 0 radical (unpaired) electrons. The number of hydrogen-bond acceptors (Lipinski definition) is 6. The number of nitrogens with zero attached hydrogens (tertiary/aromatic N) is 3. The number of methoxy groups -OCH3 is 1. The molecule has 1 aliphatic rings. The first-order valence-electron chi connectivity index (χ1n) is 7.31. The highest BCUT2D eigenvalue weighted by Crippen LogP contribution is 2.30. The van der Waals surface area contributed by atoms with Gasteiger partial charge in [0.2, 0.25) is 5.91 Å². The van der Waals surface area contributed by atoms with Gasteiger partial charge in [0.05, 0.1) is 17.3 Å². The Kier molecular flexibility index (Phi) is 4.78. The van der Waals surface area contributed by atoms with Gasteiger partial charge in [-0.1, -0.05) is 16.8 Å². The van der Waals surface area contributed by atoms with E-state index in [1.807, 2.05) is 12.1 Å². The lowest BCUT2D eigenvalue weighted by Crippen LogP contribution is -2.23. The minimum atomic E-state index is 0.139. The molecule has 3 rings (SSSR count). The van der Waals surface area contributed by atoms with Gasteiger partial charge in [0.1, 0.15) is 6.61 Å². The van der Waals surface area contributed by atoms with Gasteiger partial charge in [-0.15, -0.1) is 0 Å². The highest BCUT2D eigenvalue weighted by molar-refractivity contribution is 6.33. The highest BCUT2D eigenvalue weighted by atomic mass is 35.5. The van der Waals surface area contributed by atoms with E-state index in [4.69, 9.17) is 20.9 Å². The van der Waals surface area contributed by atoms with Crippen LogP contribution < -0.4 is 10.2 Å². The van der Waals surface area contributed by atoms with Gasteiger partial charge in [-0.3, -0.25) is 4.79 Å². The van der Waals surface area contributed by atoms with Gasteiger partial charge in [0.15, 0.2) is 5.82 Å². The summed E-state index contributed by atoms with van der Waals surface area (Å²) in [7, 11) is 1.56. The summed E-state index contributed by atoms with van der Waals surface area (Å²) in [5, 5.41) is 7.59. The molecule has 7 nitrogen and oxygen atoms in total. The molecule has 2 aromatic rings. The first-order valence-corrected chi connectivity index (χ1v) is 7.69. The Bertz CT molecular complexity index is 704. The number of benzene rings is 1. The molecular formula is C15H17ClN4O3. The first kappa shape index (κ1) is 15.8. The van der Waals surface area contributed by atoms with Gasteiger partial charge < -0.3 is 19.5 Å². The summed E-state index contributed by atoms with van der Waals surface area (Å²) in [4.78, 5) is 17.8. The molecule has 1 fully saturated rings. The third-order valence-electron chi connectivity index (χ3n) is 3.55. The highest BCUT2D eigenvalue weighted by Gasteiger charge is 2.22. The maximum atomic E-state index is 11.8. The largest absolute Gasteiger partial charge is 0.376 e. The molecular weight excluding hydrogens is 320 g/mol. The summed E-state index contributed by atoms with van der Waals surface area (Å²) in [6, 6.07) is 5.49. The van der Waals surface area contributed by atoms with Crippen LogP contribution in [0.3, 0.4) is 0 Å². The molecule has 0 bridgehead atoms. The maximum absolute atomic E-state index is 11.8. The van der Waals surface area contributed by atoms with E-state index in [-0.39, 0.29) is 12.5 Å². The lowest BCUT2D eigenvalue weighted by molar-refractivity contribution is -0.117. The second kappa shape index (κ2) is 6.97. The summed E-state index contributed by atoms with van der Waals surface area (Å²) in [5.74, 6) is 1.07. The van der Waals surface area contributed by atoms with Gasteiger partial charge in [-0.05, 0) is 24.6 Å². The summed E-state index contributed by atoms with van der Waals surface area (Å²) < 4.78 is 9.96. The van der Waals surface area contributed by atoms with Crippen molar-refractivity contribution < 1.29 is 14.1 Å². The smallest absolute Gasteiger partial charge is 0.252 e. The van der Waals surface area contributed by atoms with Crippen molar-refractivity contribution in [2.24, 2.45) is 0 Å². The Balaban J connectivity index is 1.70. The van der Waals surface area contributed by atoms with Crippen LogP contribution in [0.25, 0.3) is 0 Å². The third kappa shape index (κ3) is 3.62. The molecule has 0 spiro atoms.